The van der Waals surface area contributed by atoms with E-state index in [0.29, 0.717) is 54.3 Å². The van der Waals surface area contributed by atoms with Crippen LogP contribution in [0.4, 0.5) is 30.4 Å². The zero-order valence-electron chi connectivity index (χ0n) is 18.6. The van der Waals surface area contributed by atoms with Gasteiger partial charge >= 0.3 is 6.18 Å². The topological polar surface area (TPSA) is 109 Å². The molecule has 3 aromatic rings. The maximum Gasteiger partial charge on any atom is 0.416 e. The summed E-state index contributed by atoms with van der Waals surface area (Å²) >= 11 is 0. The van der Waals surface area contributed by atoms with E-state index in [4.69, 9.17) is 10.5 Å². The van der Waals surface area contributed by atoms with Gasteiger partial charge in [-0.3, -0.25) is 4.79 Å². The van der Waals surface area contributed by atoms with Gasteiger partial charge < -0.3 is 25.3 Å². The van der Waals surface area contributed by atoms with E-state index in [1.165, 1.54) is 16.8 Å². The summed E-state index contributed by atoms with van der Waals surface area (Å²) in [6.07, 6.45) is -3.19. The molecule has 0 bridgehead atoms. The number of aryl methyl sites for hydroxylation is 1. The van der Waals surface area contributed by atoms with Crippen LogP contribution in [-0.4, -0.2) is 35.9 Å². The van der Waals surface area contributed by atoms with Crippen molar-refractivity contribution in [1.29, 1.82) is 5.26 Å². The lowest BCUT2D eigenvalue weighted by atomic mass is 10.0. The van der Waals surface area contributed by atoms with Gasteiger partial charge in [0.15, 0.2) is 0 Å². The van der Waals surface area contributed by atoms with Crippen molar-refractivity contribution in [1.82, 2.24) is 9.55 Å². The fourth-order valence-corrected chi connectivity index (χ4v) is 4.09. The van der Waals surface area contributed by atoms with Crippen LogP contribution < -0.4 is 21.5 Å². The van der Waals surface area contributed by atoms with Gasteiger partial charge in [-0.1, -0.05) is 0 Å². The smallest absolute Gasteiger partial charge is 0.399 e. The summed E-state index contributed by atoms with van der Waals surface area (Å²) < 4.78 is 46.6. The second kappa shape index (κ2) is 8.87. The number of nitriles is 1. The Labute approximate surface area is 193 Å². The van der Waals surface area contributed by atoms with Gasteiger partial charge in [0, 0.05) is 37.4 Å². The Balaban J connectivity index is 1.82. The Morgan fingerprint density at radius 2 is 1.94 bits per heavy atom. The number of morpholine rings is 1. The summed E-state index contributed by atoms with van der Waals surface area (Å²) in [7, 11) is 1.58. The van der Waals surface area contributed by atoms with Crippen molar-refractivity contribution in [2.45, 2.75) is 19.1 Å². The molecule has 3 heterocycles. The van der Waals surface area contributed by atoms with Crippen LogP contribution in [-0.2, 0) is 18.0 Å². The normalized spacial score (nSPS) is 15.2. The van der Waals surface area contributed by atoms with Gasteiger partial charge in [-0.15, -0.1) is 0 Å². The highest BCUT2D eigenvalue weighted by atomic mass is 19.4. The molecule has 1 aromatic carbocycles. The molecule has 0 amide bonds. The Morgan fingerprint density at radius 1 is 1.24 bits per heavy atom. The average molecular weight is 472 g/mol. The first-order valence-corrected chi connectivity index (χ1v) is 10.6. The van der Waals surface area contributed by atoms with Crippen LogP contribution in [0.1, 0.15) is 29.7 Å². The van der Waals surface area contributed by atoms with Gasteiger partial charge in [0.1, 0.15) is 17.6 Å². The summed E-state index contributed by atoms with van der Waals surface area (Å²) in [6, 6.07) is 6.52. The third-order valence-corrected chi connectivity index (χ3v) is 5.86. The lowest BCUT2D eigenvalue weighted by molar-refractivity contribution is -0.137. The molecule has 1 aliphatic heterocycles. The highest BCUT2D eigenvalue weighted by molar-refractivity contribution is 5.95. The van der Waals surface area contributed by atoms with Crippen LogP contribution in [0.25, 0.3) is 10.9 Å². The molecule has 1 atom stereocenters. The number of nitrogen functional groups attached to an aromatic ring is 1. The number of pyridine rings is 2. The Kier molecular flexibility index (Phi) is 6.10. The third kappa shape index (κ3) is 4.36. The van der Waals surface area contributed by atoms with Gasteiger partial charge in [0.2, 0.25) is 0 Å². The third-order valence-electron chi connectivity index (χ3n) is 5.86. The van der Waals surface area contributed by atoms with Crippen LogP contribution in [0.15, 0.2) is 35.3 Å². The number of halogens is 3. The maximum atomic E-state index is 13.3. The molecular weight excluding hydrogens is 449 g/mol. The Morgan fingerprint density at radius 3 is 2.59 bits per heavy atom. The lowest BCUT2D eigenvalue weighted by Gasteiger charge is -2.29. The minimum Gasteiger partial charge on any atom is -0.399 e. The zero-order valence-corrected chi connectivity index (χ0v) is 18.6. The first-order valence-electron chi connectivity index (χ1n) is 10.6. The van der Waals surface area contributed by atoms with Crippen LogP contribution in [0.2, 0.25) is 0 Å². The second-order valence-corrected chi connectivity index (χ2v) is 8.14. The minimum atomic E-state index is -4.53. The number of nitrogens with two attached hydrogens (primary N) is 1. The van der Waals surface area contributed by atoms with E-state index in [9.17, 15) is 23.2 Å². The van der Waals surface area contributed by atoms with E-state index in [0.717, 1.165) is 12.1 Å². The SMILES string of the molecule is C[C@@H](Nc1ncc(C#N)c2c1cc(N1CCOCC1)c(=O)n2C)c1cc(N)cc(C(F)(F)F)c1. The van der Waals surface area contributed by atoms with Crippen molar-refractivity contribution >= 4 is 28.1 Å². The monoisotopic (exact) mass is 472 g/mol. The lowest BCUT2D eigenvalue weighted by Crippen LogP contribution is -2.40. The molecule has 1 saturated heterocycles. The number of nitrogens with zero attached hydrogens (tertiary/aromatic N) is 4. The molecule has 4 rings (SSSR count). The number of ether oxygens (including phenoxy) is 1. The van der Waals surface area contributed by atoms with Crippen LogP contribution >= 0.6 is 0 Å². The fourth-order valence-electron chi connectivity index (χ4n) is 4.09. The molecule has 0 spiro atoms. The quantitative estimate of drug-likeness (QED) is 0.560. The highest BCUT2D eigenvalue weighted by Gasteiger charge is 2.31. The van der Waals surface area contributed by atoms with Gasteiger partial charge in [-0.05, 0) is 36.8 Å². The molecule has 8 nitrogen and oxygen atoms in total. The fraction of sp³-hybridized carbons (Fsp3) is 0.348. The molecule has 0 radical (unpaired) electrons. The molecule has 0 aliphatic carbocycles. The average Bonchev–Trinajstić information content (AvgIpc) is 2.81. The number of fused-ring (bicyclic) bond motifs is 1. The summed E-state index contributed by atoms with van der Waals surface area (Å²) in [5.74, 6) is 0.336. The number of rotatable bonds is 4. The standard InChI is InChI=1S/C23H23F3N6O2/c1-13(14-7-16(23(24,25)26)9-17(28)8-14)30-21-18-10-19(32-3-5-34-6-4-32)22(33)31(2)20(18)15(11-27)12-29-21/h7-10,12-13H,3-6,28H2,1-2H3,(H,29,30)/t13-/m1/s1. The largest absolute Gasteiger partial charge is 0.416 e. The molecule has 3 N–H and O–H groups in total. The summed E-state index contributed by atoms with van der Waals surface area (Å²) in [5.41, 5.74) is 5.97. The molecular formula is C23H23F3N6O2. The van der Waals surface area contributed by atoms with Crippen molar-refractivity contribution in [3.63, 3.8) is 0 Å². The number of alkyl halides is 3. The van der Waals surface area contributed by atoms with Crippen molar-refractivity contribution < 1.29 is 17.9 Å². The highest BCUT2D eigenvalue weighted by Crippen LogP contribution is 2.34. The molecule has 11 heteroatoms. The van der Waals surface area contributed by atoms with Crippen LogP contribution in [0, 0.1) is 11.3 Å². The van der Waals surface area contributed by atoms with Crippen molar-refractivity contribution in [3.8, 4) is 6.07 Å². The molecule has 0 unspecified atom stereocenters. The molecule has 34 heavy (non-hydrogen) atoms. The molecule has 0 saturated carbocycles. The predicted molar refractivity (Wildman–Crippen MR) is 123 cm³/mol. The first-order chi connectivity index (χ1) is 16.1. The molecule has 178 valence electrons. The zero-order chi connectivity index (χ0) is 24.6. The minimum absolute atomic E-state index is 0.00637. The molecule has 1 fully saturated rings. The first kappa shape index (κ1) is 23.4. The number of benzene rings is 1. The van der Waals surface area contributed by atoms with E-state index in [2.05, 4.69) is 16.4 Å². The number of anilines is 3. The van der Waals surface area contributed by atoms with E-state index < -0.39 is 17.8 Å². The van der Waals surface area contributed by atoms with Gasteiger partial charge in [-0.2, -0.15) is 18.4 Å². The van der Waals surface area contributed by atoms with Gasteiger partial charge in [0.05, 0.1) is 35.9 Å². The van der Waals surface area contributed by atoms with Gasteiger partial charge in [-0.25, -0.2) is 4.98 Å². The number of nitrogens with one attached hydrogen (secondary N) is 1. The predicted octanol–water partition coefficient (Wildman–Crippen LogP) is 3.42. The Bertz CT molecular complexity index is 1340. The summed E-state index contributed by atoms with van der Waals surface area (Å²) in [4.78, 5) is 19.3. The summed E-state index contributed by atoms with van der Waals surface area (Å²) in [5, 5.41) is 13.2. The van der Waals surface area contributed by atoms with E-state index in [1.807, 2.05) is 4.90 Å². The van der Waals surface area contributed by atoms with Crippen molar-refractivity contribution in [2.75, 3.05) is 42.3 Å². The van der Waals surface area contributed by atoms with Gasteiger partial charge in [0.25, 0.3) is 5.56 Å². The second-order valence-electron chi connectivity index (χ2n) is 8.14. The Hall–Kier alpha value is -3.78. The molecule has 1 aliphatic rings. The van der Waals surface area contributed by atoms with E-state index in [-0.39, 0.29) is 16.8 Å². The summed E-state index contributed by atoms with van der Waals surface area (Å²) in [6.45, 7) is 3.72. The van der Waals surface area contributed by atoms with Crippen LogP contribution in [0.5, 0.6) is 0 Å². The van der Waals surface area contributed by atoms with E-state index >= 15 is 0 Å². The van der Waals surface area contributed by atoms with E-state index in [1.54, 1.807) is 20.0 Å². The van der Waals surface area contributed by atoms with Crippen LogP contribution in [0.3, 0.4) is 0 Å². The van der Waals surface area contributed by atoms with Crippen molar-refractivity contribution in [2.24, 2.45) is 7.05 Å². The number of aromatic nitrogens is 2. The number of hydrogen-bond acceptors (Lipinski definition) is 7. The number of hydrogen-bond donors (Lipinski definition) is 2. The maximum absolute atomic E-state index is 13.3. The van der Waals surface area contributed by atoms with Crippen molar-refractivity contribution in [3.05, 3.63) is 57.5 Å². The molecule has 2 aromatic heterocycles.